The SMILES string of the molecule is Cc1cc(-c2ccc(-n3ccnc3)nn2)ccc1O. The molecular formula is C14H12N4O. The number of hydrogen-bond acceptors (Lipinski definition) is 4. The van der Waals surface area contributed by atoms with Crippen LogP contribution >= 0.6 is 0 Å². The topological polar surface area (TPSA) is 63.8 Å². The van der Waals surface area contributed by atoms with Gasteiger partial charge in [-0.1, -0.05) is 0 Å². The summed E-state index contributed by atoms with van der Waals surface area (Å²) >= 11 is 0. The zero-order chi connectivity index (χ0) is 13.2. The second-order valence-electron chi connectivity index (χ2n) is 4.25. The van der Waals surface area contributed by atoms with Crippen LogP contribution in [-0.2, 0) is 0 Å². The van der Waals surface area contributed by atoms with Crippen molar-refractivity contribution in [2.75, 3.05) is 0 Å². The van der Waals surface area contributed by atoms with Gasteiger partial charge in [-0.2, -0.15) is 0 Å². The minimum absolute atomic E-state index is 0.284. The van der Waals surface area contributed by atoms with Crippen LogP contribution in [0.4, 0.5) is 0 Å². The van der Waals surface area contributed by atoms with Crippen LogP contribution < -0.4 is 0 Å². The van der Waals surface area contributed by atoms with E-state index in [1.165, 1.54) is 0 Å². The standard InChI is InChI=1S/C14H12N4O/c1-10-8-11(2-4-13(10)19)12-3-5-14(17-16-12)18-7-6-15-9-18/h2-9,19H,1H3. The Labute approximate surface area is 110 Å². The molecule has 0 aliphatic rings. The summed E-state index contributed by atoms with van der Waals surface area (Å²) in [6.45, 7) is 1.85. The molecule has 0 unspecified atom stereocenters. The van der Waals surface area contributed by atoms with E-state index >= 15 is 0 Å². The minimum atomic E-state index is 0.284. The number of nitrogens with zero attached hydrogens (tertiary/aromatic N) is 4. The van der Waals surface area contributed by atoms with E-state index in [-0.39, 0.29) is 5.75 Å². The van der Waals surface area contributed by atoms with Gasteiger partial charge in [0.15, 0.2) is 5.82 Å². The Morgan fingerprint density at radius 3 is 2.63 bits per heavy atom. The van der Waals surface area contributed by atoms with Crippen LogP contribution in [-0.4, -0.2) is 24.9 Å². The highest BCUT2D eigenvalue weighted by atomic mass is 16.3. The van der Waals surface area contributed by atoms with E-state index in [1.807, 2.05) is 37.4 Å². The van der Waals surface area contributed by atoms with Crippen LogP contribution in [0.25, 0.3) is 17.1 Å². The zero-order valence-electron chi connectivity index (χ0n) is 10.4. The van der Waals surface area contributed by atoms with Crippen LogP contribution in [0.15, 0.2) is 49.1 Å². The maximum atomic E-state index is 9.51. The third-order valence-electron chi connectivity index (χ3n) is 2.91. The number of aryl methyl sites for hydroxylation is 1. The molecular weight excluding hydrogens is 240 g/mol. The van der Waals surface area contributed by atoms with Gasteiger partial charge in [-0.3, -0.25) is 4.57 Å². The summed E-state index contributed by atoms with van der Waals surface area (Å²) in [5.74, 6) is 1.00. The maximum absolute atomic E-state index is 9.51. The van der Waals surface area contributed by atoms with Gasteiger partial charge in [0.25, 0.3) is 0 Å². The predicted molar refractivity (Wildman–Crippen MR) is 71.0 cm³/mol. The number of imidazole rings is 1. The van der Waals surface area contributed by atoms with E-state index in [4.69, 9.17) is 0 Å². The zero-order valence-corrected chi connectivity index (χ0v) is 10.4. The Hall–Kier alpha value is -2.69. The molecule has 0 amide bonds. The highest BCUT2D eigenvalue weighted by Gasteiger charge is 2.04. The Bertz CT molecular complexity index is 690. The molecule has 0 spiro atoms. The molecule has 3 aromatic rings. The normalized spacial score (nSPS) is 10.6. The summed E-state index contributed by atoms with van der Waals surface area (Å²) in [6.07, 6.45) is 5.18. The molecule has 0 aliphatic heterocycles. The highest BCUT2D eigenvalue weighted by Crippen LogP contribution is 2.23. The lowest BCUT2D eigenvalue weighted by Gasteiger charge is -2.04. The third-order valence-corrected chi connectivity index (χ3v) is 2.91. The second kappa shape index (κ2) is 4.53. The molecule has 0 aliphatic carbocycles. The molecule has 1 aromatic carbocycles. The van der Waals surface area contributed by atoms with Crippen LogP contribution in [0.5, 0.6) is 5.75 Å². The highest BCUT2D eigenvalue weighted by molar-refractivity contribution is 5.61. The first-order valence-corrected chi connectivity index (χ1v) is 5.86. The van der Waals surface area contributed by atoms with Gasteiger partial charge in [0.05, 0.1) is 5.69 Å². The van der Waals surface area contributed by atoms with Crippen molar-refractivity contribution < 1.29 is 5.11 Å². The van der Waals surface area contributed by atoms with Crippen molar-refractivity contribution in [1.29, 1.82) is 0 Å². The lowest BCUT2D eigenvalue weighted by molar-refractivity contribution is 0.471. The van der Waals surface area contributed by atoms with Gasteiger partial charge < -0.3 is 5.11 Å². The molecule has 19 heavy (non-hydrogen) atoms. The van der Waals surface area contributed by atoms with Gasteiger partial charge in [-0.05, 0) is 42.8 Å². The molecule has 0 radical (unpaired) electrons. The average Bonchev–Trinajstić information content (AvgIpc) is 2.96. The average molecular weight is 252 g/mol. The Kier molecular flexibility index (Phi) is 2.72. The number of rotatable bonds is 2. The molecule has 0 bridgehead atoms. The van der Waals surface area contributed by atoms with E-state index in [0.29, 0.717) is 0 Å². The van der Waals surface area contributed by atoms with Gasteiger partial charge in [0.1, 0.15) is 12.1 Å². The summed E-state index contributed by atoms with van der Waals surface area (Å²) < 4.78 is 1.79. The van der Waals surface area contributed by atoms with E-state index in [2.05, 4.69) is 15.2 Å². The van der Waals surface area contributed by atoms with Crippen molar-refractivity contribution in [2.24, 2.45) is 0 Å². The van der Waals surface area contributed by atoms with Gasteiger partial charge in [0.2, 0.25) is 0 Å². The third kappa shape index (κ3) is 2.18. The Balaban J connectivity index is 1.96. The molecule has 3 rings (SSSR count). The number of benzene rings is 1. The van der Waals surface area contributed by atoms with Crippen molar-refractivity contribution in [1.82, 2.24) is 19.7 Å². The first kappa shape index (κ1) is 11.4. The fraction of sp³-hybridized carbons (Fsp3) is 0.0714. The maximum Gasteiger partial charge on any atom is 0.160 e. The van der Waals surface area contributed by atoms with Crippen molar-refractivity contribution >= 4 is 0 Å². The number of aromatic hydroxyl groups is 1. The monoisotopic (exact) mass is 252 g/mol. The van der Waals surface area contributed by atoms with Gasteiger partial charge in [-0.25, -0.2) is 4.98 Å². The van der Waals surface area contributed by atoms with Gasteiger partial charge >= 0.3 is 0 Å². The molecule has 5 heteroatoms. The smallest absolute Gasteiger partial charge is 0.160 e. The largest absolute Gasteiger partial charge is 0.508 e. The lowest BCUT2D eigenvalue weighted by Crippen LogP contribution is -1.97. The van der Waals surface area contributed by atoms with E-state index in [0.717, 1.165) is 22.6 Å². The minimum Gasteiger partial charge on any atom is -0.508 e. The molecule has 2 aromatic heterocycles. The van der Waals surface area contributed by atoms with Gasteiger partial charge in [-0.15, -0.1) is 10.2 Å². The summed E-state index contributed by atoms with van der Waals surface area (Å²) in [6, 6.07) is 9.15. The fourth-order valence-corrected chi connectivity index (χ4v) is 1.83. The molecule has 0 atom stereocenters. The first-order valence-electron chi connectivity index (χ1n) is 5.86. The Morgan fingerprint density at radius 2 is 2.00 bits per heavy atom. The van der Waals surface area contributed by atoms with Crippen LogP contribution in [0.3, 0.4) is 0 Å². The molecule has 1 N–H and O–H groups in total. The van der Waals surface area contributed by atoms with Crippen LogP contribution in [0.1, 0.15) is 5.56 Å². The van der Waals surface area contributed by atoms with E-state index in [1.54, 1.807) is 23.2 Å². The summed E-state index contributed by atoms with van der Waals surface area (Å²) in [5, 5.41) is 17.9. The summed E-state index contributed by atoms with van der Waals surface area (Å²) in [7, 11) is 0. The van der Waals surface area contributed by atoms with Crippen molar-refractivity contribution in [3.63, 3.8) is 0 Å². The summed E-state index contributed by atoms with van der Waals surface area (Å²) in [4.78, 5) is 3.97. The number of phenols is 1. The molecule has 94 valence electrons. The summed E-state index contributed by atoms with van der Waals surface area (Å²) in [5.41, 5.74) is 2.52. The number of hydrogen-bond donors (Lipinski definition) is 1. The van der Waals surface area contributed by atoms with E-state index < -0.39 is 0 Å². The van der Waals surface area contributed by atoms with Crippen molar-refractivity contribution in [3.05, 3.63) is 54.6 Å². The molecule has 2 heterocycles. The number of phenolic OH excluding ortho intramolecular Hbond substituents is 1. The van der Waals surface area contributed by atoms with Crippen LogP contribution in [0, 0.1) is 6.92 Å². The fourth-order valence-electron chi connectivity index (χ4n) is 1.83. The van der Waals surface area contributed by atoms with E-state index in [9.17, 15) is 5.11 Å². The second-order valence-corrected chi connectivity index (χ2v) is 4.25. The van der Waals surface area contributed by atoms with Gasteiger partial charge in [0, 0.05) is 18.0 Å². The molecule has 0 fully saturated rings. The molecule has 0 saturated heterocycles. The van der Waals surface area contributed by atoms with Crippen molar-refractivity contribution in [3.8, 4) is 22.8 Å². The molecule has 5 nitrogen and oxygen atoms in total. The Morgan fingerprint density at radius 1 is 1.11 bits per heavy atom. The molecule has 0 saturated carbocycles. The van der Waals surface area contributed by atoms with Crippen molar-refractivity contribution in [2.45, 2.75) is 6.92 Å². The lowest BCUT2D eigenvalue weighted by atomic mass is 10.1. The number of aromatic nitrogens is 4. The first-order chi connectivity index (χ1) is 9.24. The quantitative estimate of drug-likeness (QED) is 0.760. The van der Waals surface area contributed by atoms with Crippen LogP contribution in [0.2, 0.25) is 0 Å². The predicted octanol–water partition coefficient (Wildman–Crippen LogP) is 2.34.